The molecule has 18 heavy (non-hydrogen) atoms. The van der Waals surface area contributed by atoms with E-state index in [4.69, 9.17) is 4.74 Å². The first-order valence-corrected chi connectivity index (χ1v) is 8.69. The van der Waals surface area contributed by atoms with E-state index in [1.807, 2.05) is 11.8 Å². The van der Waals surface area contributed by atoms with E-state index in [1.165, 1.54) is 38.5 Å². The average molecular weight is 264 g/mol. The van der Waals surface area contributed by atoms with Crippen LogP contribution in [-0.4, -0.2) is 23.7 Å². The highest BCUT2D eigenvalue weighted by molar-refractivity contribution is 7.99. The van der Waals surface area contributed by atoms with Gasteiger partial charge in [-0.3, -0.25) is 0 Å². The largest absolute Gasteiger partial charge is 0.371 e. The zero-order valence-corrected chi connectivity index (χ0v) is 12.1. The molecule has 0 spiro atoms. The van der Waals surface area contributed by atoms with Crippen molar-refractivity contribution >= 4 is 11.8 Å². The average Bonchev–Trinajstić information content (AvgIpc) is 2.91. The molecule has 0 N–H and O–H groups in total. The molecule has 0 aromatic heterocycles. The highest BCUT2D eigenvalue weighted by atomic mass is 32.2. The van der Waals surface area contributed by atoms with Crippen molar-refractivity contribution < 1.29 is 4.74 Å². The van der Waals surface area contributed by atoms with Gasteiger partial charge in [-0.25, -0.2) is 0 Å². The molecule has 0 saturated heterocycles. The van der Waals surface area contributed by atoms with Crippen molar-refractivity contribution in [2.45, 2.75) is 56.0 Å². The van der Waals surface area contributed by atoms with Gasteiger partial charge in [0.15, 0.2) is 0 Å². The summed E-state index contributed by atoms with van der Waals surface area (Å²) >= 11 is 1.98. The zero-order valence-electron chi connectivity index (χ0n) is 11.3. The van der Waals surface area contributed by atoms with Gasteiger partial charge in [0.2, 0.25) is 0 Å². The van der Waals surface area contributed by atoms with Crippen LogP contribution in [0.15, 0.2) is 24.3 Å². The third kappa shape index (κ3) is 2.85. The lowest BCUT2D eigenvalue weighted by Gasteiger charge is -2.35. The molecule has 2 heteroatoms. The molecule has 0 aromatic carbocycles. The van der Waals surface area contributed by atoms with E-state index in [0.29, 0.717) is 12.2 Å². The van der Waals surface area contributed by atoms with Gasteiger partial charge in [0.1, 0.15) is 0 Å². The van der Waals surface area contributed by atoms with Gasteiger partial charge in [0.05, 0.1) is 12.2 Å². The monoisotopic (exact) mass is 264 g/mol. The van der Waals surface area contributed by atoms with Gasteiger partial charge in [0, 0.05) is 5.25 Å². The summed E-state index contributed by atoms with van der Waals surface area (Å²) < 4.78 is 6.23. The third-order valence-corrected chi connectivity index (χ3v) is 5.63. The summed E-state index contributed by atoms with van der Waals surface area (Å²) in [5.41, 5.74) is 0. The van der Waals surface area contributed by atoms with Crippen LogP contribution < -0.4 is 0 Å². The molecule has 1 nitrogen and oxygen atoms in total. The summed E-state index contributed by atoms with van der Waals surface area (Å²) in [5.74, 6) is 1.49. The summed E-state index contributed by atoms with van der Waals surface area (Å²) in [5, 5.41) is 0.725. The van der Waals surface area contributed by atoms with Crippen LogP contribution in [0.25, 0.3) is 0 Å². The third-order valence-electron chi connectivity index (χ3n) is 4.68. The predicted molar refractivity (Wildman–Crippen MR) is 78.9 cm³/mol. The van der Waals surface area contributed by atoms with E-state index in [2.05, 4.69) is 30.6 Å². The molecule has 0 amide bonds. The van der Waals surface area contributed by atoms with Crippen molar-refractivity contribution in [2.75, 3.05) is 6.26 Å². The minimum absolute atomic E-state index is 0.379. The maximum atomic E-state index is 6.23. The first kappa shape index (κ1) is 12.8. The predicted octanol–water partition coefficient (Wildman–Crippen LogP) is 4.20. The van der Waals surface area contributed by atoms with E-state index in [1.54, 1.807) is 0 Å². The van der Waals surface area contributed by atoms with Crippen LogP contribution in [0.1, 0.15) is 38.5 Å². The Hall–Kier alpha value is -0.210. The highest BCUT2D eigenvalue weighted by Gasteiger charge is 2.31. The Bertz CT molecular complexity index is 330. The van der Waals surface area contributed by atoms with Crippen molar-refractivity contribution in [3.63, 3.8) is 0 Å². The SMILES string of the molecule is CSC1C=CC2CC(OC3CCCC3)C=CC2C1. The number of hydrogen-bond donors (Lipinski definition) is 0. The van der Waals surface area contributed by atoms with Crippen LogP contribution in [-0.2, 0) is 4.74 Å². The highest BCUT2D eigenvalue weighted by Crippen LogP contribution is 2.38. The number of thioether (sulfide) groups is 1. The lowest BCUT2D eigenvalue weighted by Crippen LogP contribution is -2.30. The molecule has 3 rings (SSSR count). The fourth-order valence-electron chi connectivity index (χ4n) is 3.57. The first-order chi connectivity index (χ1) is 8.85. The van der Waals surface area contributed by atoms with Gasteiger partial charge in [-0.2, -0.15) is 11.8 Å². The van der Waals surface area contributed by atoms with Gasteiger partial charge in [-0.15, -0.1) is 0 Å². The molecular formula is C16H24OS. The normalized spacial score (nSPS) is 40.1. The molecule has 0 radical (unpaired) electrons. The van der Waals surface area contributed by atoms with Crippen LogP contribution in [0, 0.1) is 11.8 Å². The standard InChI is InChI=1S/C16H24OS/c1-18-16-9-7-12-10-15(8-6-13(12)11-16)17-14-4-2-3-5-14/h6-9,12-16H,2-5,10-11H2,1H3. The molecule has 3 aliphatic rings. The molecule has 100 valence electrons. The van der Waals surface area contributed by atoms with Crippen molar-refractivity contribution in [3.8, 4) is 0 Å². The fraction of sp³-hybridized carbons (Fsp3) is 0.750. The second kappa shape index (κ2) is 5.83. The number of allylic oxidation sites excluding steroid dienone is 2. The van der Waals surface area contributed by atoms with Crippen molar-refractivity contribution in [2.24, 2.45) is 11.8 Å². The summed E-state index contributed by atoms with van der Waals surface area (Å²) in [7, 11) is 0. The molecule has 3 aliphatic carbocycles. The molecule has 0 aromatic rings. The van der Waals surface area contributed by atoms with Gasteiger partial charge < -0.3 is 4.74 Å². The molecular weight excluding hydrogens is 240 g/mol. The van der Waals surface area contributed by atoms with Crippen molar-refractivity contribution in [1.29, 1.82) is 0 Å². The van der Waals surface area contributed by atoms with E-state index < -0.39 is 0 Å². The van der Waals surface area contributed by atoms with Gasteiger partial charge >= 0.3 is 0 Å². The minimum atomic E-state index is 0.379. The number of ether oxygens (including phenoxy) is 1. The Morgan fingerprint density at radius 2 is 1.67 bits per heavy atom. The van der Waals surface area contributed by atoms with Crippen LogP contribution in [0.5, 0.6) is 0 Å². The Kier molecular flexibility index (Phi) is 4.15. The van der Waals surface area contributed by atoms with E-state index in [9.17, 15) is 0 Å². The smallest absolute Gasteiger partial charge is 0.0765 e. The number of rotatable bonds is 3. The second-order valence-electron chi connectivity index (χ2n) is 5.92. The Morgan fingerprint density at radius 3 is 2.44 bits per heavy atom. The topological polar surface area (TPSA) is 9.23 Å². The quantitative estimate of drug-likeness (QED) is 0.707. The lowest BCUT2D eigenvalue weighted by molar-refractivity contribution is 0.00168. The van der Waals surface area contributed by atoms with E-state index in [-0.39, 0.29) is 0 Å². The molecule has 1 saturated carbocycles. The van der Waals surface area contributed by atoms with Crippen LogP contribution >= 0.6 is 11.8 Å². The Balaban J connectivity index is 1.58. The molecule has 0 aliphatic heterocycles. The van der Waals surface area contributed by atoms with Gasteiger partial charge in [-0.1, -0.05) is 37.1 Å². The number of hydrogen-bond acceptors (Lipinski definition) is 2. The number of fused-ring (bicyclic) bond motifs is 1. The lowest BCUT2D eigenvalue weighted by atomic mass is 9.77. The maximum Gasteiger partial charge on any atom is 0.0765 e. The Labute approximate surface area is 115 Å². The van der Waals surface area contributed by atoms with Gasteiger partial charge in [0.25, 0.3) is 0 Å². The summed E-state index contributed by atoms with van der Waals surface area (Å²) in [6.07, 6.45) is 20.6. The van der Waals surface area contributed by atoms with Crippen LogP contribution in [0.4, 0.5) is 0 Å². The van der Waals surface area contributed by atoms with Crippen molar-refractivity contribution in [1.82, 2.24) is 0 Å². The Morgan fingerprint density at radius 1 is 0.944 bits per heavy atom. The van der Waals surface area contributed by atoms with Crippen LogP contribution in [0.2, 0.25) is 0 Å². The molecule has 4 atom stereocenters. The summed E-state index contributed by atoms with van der Waals surface area (Å²) in [4.78, 5) is 0. The second-order valence-corrected chi connectivity index (χ2v) is 7.00. The van der Waals surface area contributed by atoms with E-state index >= 15 is 0 Å². The summed E-state index contributed by atoms with van der Waals surface area (Å²) in [6.45, 7) is 0. The fourth-order valence-corrected chi connectivity index (χ4v) is 4.23. The molecule has 1 fully saturated rings. The molecule has 4 unspecified atom stereocenters. The molecule has 0 bridgehead atoms. The maximum absolute atomic E-state index is 6.23. The molecule has 0 heterocycles. The van der Waals surface area contributed by atoms with Gasteiger partial charge in [-0.05, 0) is 43.8 Å². The zero-order chi connectivity index (χ0) is 12.4. The minimum Gasteiger partial charge on any atom is -0.371 e. The summed E-state index contributed by atoms with van der Waals surface area (Å²) in [6, 6.07) is 0. The van der Waals surface area contributed by atoms with E-state index in [0.717, 1.165) is 17.1 Å². The first-order valence-electron chi connectivity index (χ1n) is 7.40. The van der Waals surface area contributed by atoms with Crippen molar-refractivity contribution in [3.05, 3.63) is 24.3 Å². The van der Waals surface area contributed by atoms with Crippen LogP contribution in [0.3, 0.4) is 0 Å².